The Balaban J connectivity index is 2.41. The summed E-state index contributed by atoms with van der Waals surface area (Å²) in [6.07, 6.45) is 0. The highest BCUT2D eigenvalue weighted by Crippen LogP contribution is 2.29. The molecule has 2 aromatic rings. The largest absolute Gasteiger partial charge is 0.497 e. The zero-order chi connectivity index (χ0) is 14.7. The Morgan fingerprint density at radius 3 is 2.10 bits per heavy atom. The van der Waals surface area contributed by atoms with Crippen LogP contribution in [0.25, 0.3) is 0 Å². The molecule has 0 aromatic heterocycles. The summed E-state index contributed by atoms with van der Waals surface area (Å²) in [6, 6.07) is 9.77. The van der Waals surface area contributed by atoms with Crippen LogP contribution in [0.5, 0.6) is 11.5 Å². The molecule has 0 radical (unpaired) electrons. The van der Waals surface area contributed by atoms with Crippen LogP contribution in [0, 0.1) is 5.82 Å². The number of ether oxygens (including phenoxy) is 2. The summed E-state index contributed by atoms with van der Waals surface area (Å²) in [7, 11) is 3.15. The first kappa shape index (κ1) is 14.8. The average molecular weight is 340 g/mol. The molecular formula is C15H15BrFNO2. The third-order valence-corrected chi connectivity index (χ3v) is 3.68. The van der Waals surface area contributed by atoms with Gasteiger partial charge in [-0.05, 0) is 51.3 Å². The van der Waals surface area contributed by atoms with Gasteiger partial charge in [0.2, 0.25) is 0 Å². The summed E-state index contributed by atoms with van der Waals surface area (Å²) in [5.41, 5.74) is 7.67. The Hall–Kier alpha value is -1.59. The fourth-order valence-electron chi connectivity index (χ4n) is 1.91. The van der Waals surface area contributed by atoms with Crippen molar-refractivity contribution in [2.45, 2.75) is 6.04 Å². The third kappa shape index (κ3) is 3.11. The summed E-state index contributed by atoms with van der Waals surface area (Å²) in [5.74, 6) is 0.951. The van der Waals surface area contributed by atoms with Crippen molar-refractivity contribution in [3.63, 3.8) is 0 Å². The second-order valence-electron chi connectivity index (χ2n) is 4.30. The Morgan fingerprint density at radius 1 is 1.00 bits per heavy atom. The van der Waals surface area contributed by atoms with E-state index < -0.39 is 6.04 Å². The standard InChI is InChI=1S/C15H15BrFNO2/c1-19-11-5-10(6-12(8-11)20-2)15(18)9-3-4-13(16)14(17)7-9/h3-8,15H,18H2,1-2H3. The number of halogens is 2. The summed E-state index contributed by atoms with van der Waals surface area (Å²) < 4.78 is 24.4. The molecule has 0 aliphatic heterocycles. The SMILES string of the molecule is COc1cc(OC)cc(C(N)c2ccc(Br)c(F)c2)c1. The van der Waals surface area contributed by atoms with E-state index >= 15 is 0 Å². The number of rotatable bonds is 4. The molecule has 1 unspecified atom stereocenters. The van der Waals surface area contributed by atoms with Crippen LogP contribution in [-0.4, -0.2) is 14.2 Å². The predicted octanol–water partition coefficient (Wildman–Crippen LogP) is 3.65. The van der Waals surface area contributed by atoms with Gasteiger partial charge in [0.1, 0.15) is 17.3 Å². The van der Waals surface area contributed by atoms with E-state index in [1.807, 2.05) is 12.1 Å². The van der Waals surface area contributed by atoms with Gasteiger partial charge < -0.3 is 15.2 Å². The van der Waals surface area contributed by atoms with Crippen LogP contribution in [0.1, 0.15) is 17.2 Å². The van der Waals surface area contributed by atoms with Crippen molar-refractivity contribution in [3.8, 4) is 11.5 Å². The molecule has 0 aliphatic carbocycles. The zero-order valence-corrected chi connectivity index (χ0v) is 12.8. The van der Waals surface area contributed by atoms with Crippen LogP contribution in [-0.2, 0) is 0 Å². The smallest absolute Gasteiger partial charge is 0.137 e. The first-order valence-corrected chi connectivity index (χ1v) is 6.78. The van der Waals surface area contributed by atoms with Gasteiger partial charge in [-0.3, -0.25) is 0 Å². The average Bonchev–Trinajstić information content (AvgIpc) is 2.48. The fraction of sp³-hybridized carbons (Fsp3) is 0.200. The molecule has 20 heavy (non-hydrogen) atoms. The maximum atomic E-state index is 13.6. The first-order chi connectivity index (χ1) is 9.55. The highest BCUT2D eigenvalue weighted by Gasteiger charge is 2.13. The molecule has 2 aromatic carbocycles. The van der Waals surface area contributed by atoms with Gasteiger partial charge in [0.05, 0.1) is 24.7 Å². The van der Waals surface area contributed by atoms with Gasteiger partial charge in [0.15, 0.2) is 0 Å². The van der Waals surface area contributed by atoms with E-state index in [0.717, 1.165) is 5.56 Å². The number of hydrogen-bond donors (Lipinski definition) is 1. The second-order valence-corrected chi connectivity index (χ2v) is 5.15. The molecular weight excluding hydrogens is 325 g/mol. The molecule has 2 N–H and O–H groups in total. The van der Waals surface area contributed by atoms with Crippen molar-refractivity contribution in [1.29, 1.82) is 0 Å². The van der Waals surface area contributed by atoms with Crippen molar-refractivity contribution in [2.75, 3.05) is 14.2 Å². The lowest BCUT2D eigenvalue weighted by Crippen LogP contribution is -2.12. The molecule has 0 spiro atoms. The lowest BCUT2D eigenvalue weighted by Gasteiger charge is -2.15. The minimum absolute atomic E-state index is 0.340. The van der Waals surface area contributed by atoms with E-state index in [1.54, 1.807) is 32.4 Å². The molecule has 5 heteroatoms. The Labute approximate surface area is 125 Å². The van der Waals surface area contributed by atoms with Gasteiger partial charge in [-0.2, -0.15) is 0 Å². The van der Waals surface area contributed by atoms with Crippen molar-refractivity contribution in [1.82, 2.24) is 0 Å². The molecule has 0 amide bonds. The van der Waals surface area contributed by atoms with Crippen LogP contribution in [0.15, 0.2) is 40.9 Å². The van der Waals surface area contributed by atoms with E-state index in [0.29, 0.717) is 21.5 Å². The molecule has 106 valence electrons. The number of nitrogens with two attached hydrogens (primary N) is 1. The summed E-state index contributed by atoms with van der Waals surface area (Å²) in [6.45, 7) is 0. The van der Waals surface area contributed by atoms with E-state index in [1.165, 1.54) is 6.07 Å². The molecule has 0 heterocycles. The van der Waals surface area contributed by atoms with Gasteiger partial charge in [-0.1, -0.05) is 6.07 Å². The Kier molecular flexibility index (Phi) is 4.62. The van der Waals surface area contributed by atoms with Crippen LogP contribution in [0.4, 0.5) is 4.39 Å². The molecule has 0 bridgehead atoms. The summed E-state index contributed by atoms with van der Waals surface area (Å²) >= 11 is 3.12. The first-order valence-electron chi connectivity index (χ1n) is 5.98. The molecule has 0 saturated carbocycles. The van der Waals surface area contributed by atoms with E-state index in [2.05, 4.69) is 15.9 Å². The monoisotopic (exact) mass is 339 g/mol. The minimum atomic E-state index is -0.457. The summed E-state index contributed by atoms with van der Waals surface area (Å²) in [5, 5.41) is 0. The lowest BCUT2D eigenvalue weighted by molar-refractivity contribution is 0.393. The Morgan fingerprint density at radius 2 is 1.60 bits per heavy atom. The fourth-order valence-corrected chi connectivity index (χ4v) is 2.15. The molecule has 1 atom stereocenters. The van der Waals surface area contributed by atoms with Crippen LogP contribution in [0.3, 0.4) is 0 Å². The molecule has 0 saturated heterocycles. The van der Waals surface area contributed by atoms with E-state index in [-0.39, 0.29) is 5.82 Å². The minimum Gasteiger partial charge on any atom is -0.497 e. The summed E-state index contributed by atoms with van der Waals surface area (Å²) in [4.78, 5) is 0. The molecule has 3 nitrogen and oxygen atoms in total. The maximum Gasteiger partial charge on any atom is 0.137 e. The topological polar surface area (TPSA) is 44.5 Å². The van der Waals surface area contributed by atoms with Gasteiger partial charge in [-0.25, -0.2) is 4.39 Å². The third-order valence-electron chi connectivity index (χ3n) is 3.04. The Bertz CT molecular complexity index is 597. The van der Waals surface area contributed by atoms with Gasteiger partial charge in [-0.15, -0.1) is 0 Å². The second kappa shape index (κ2) is 6.24. The van der Waals surface area contributed by atoms with E-state index in [4.69, 9.17) is 15.2 Å². The highest BCUT2D eigenvalue weighted by atomic mass is 79.9. The number of benzene rings is 2. The quantitative estimate of drug-likeness (QED) is 0.924. The zero-order valence-electron chi connectivity index (χ0n) is 11.2. The number of hydrogen-bond acceptors (Lipinski definition) is 3. The van der Waals surface area contributed by atoms with Crippen molar-refractivity contribution in [3.05, 3.63) is 57.8 Å². The maximum absolute atomic E-state index is 13.6. The normalized spacial score (nSPS) is 12.1. The molecule has 2 rings (SSSR count). The molecule has 0 fully saturated rings. The van der Waals surface area contributed by atoms with Crippen molar-refractivity contribution < 1.29 is 13.9 Å². The lowest BCUT2D eigenvalue weighted by atomic mass is 9.99. The van der Waals surface area contributed by atoms with Gasteiger partial charge >= 0.3 is 0 Å². The predicted molar refractivity (Wildman–Crippen MR) is 79.7 cm³/mol. The van der Waals surface area contributed by atoms with Gasteiger partial charge in [0.25, 0.3) is 0 Å². The van der Waals surface area contributed by atoms with Crippen molar-refractivity contribution >= 4 is 15.9 Å². The molecule has 0 aliphatic rings. The van der Waals surface area contributed by atoms with E-state index in [9.17, 15) is 4.39 Å². The van der Waals surface area contributed by atoms with Crippen LogP contribution in [0.2, 0.25) is 0 Å². The highest BCUT2D eigenvalue weighted by molar-refractivity contribution is 9.10. The van der Waals surface area contributed by atoms with Crippen LogP contribution < -0.4 is 15.2 Å². The number of methoxy groups -OCH3 is 2. The van der Waals surface area contributed by atoms with Crippen molar-refractivity contribution in [2.24, 2.45) is 5.73 Å². The van der Waals surface area contributed by atoms with Crippen LogP contribution >= 0.6 is 15.9 Å². The van der Waals surface area contributed by atoms with Gasteiger partial charge in [0, 0.05) is 6.07 Å².